The largest absolute Gasteiger partial charge is 0.396 e. The molecule has 1 saturated heterocycles. The van der Waals surface area contributed by atoms with Gasteiger partial charge in [0.15, 0.2) is 0 Å². The predicted octanol–water partition coefficient (Wildman–Crippen LogP) is 1.20. The van der Waals surface area contributed by atoms with Crippen molar-refractivity contribution in [3.05, 3.63) is 22.4 Å². The molecule has 0 saturated carbocycles. The van der Waals surface area contributed by atoms with E-state index in [-0.39, 0.29) is 18.4 Å². The van der Waals surface area contributed by atoms with Crippen molar-refractivity contribution in [3.8, 4) is 0 Å². The van der Waals surface area contributed by atoms with Crippen LogP contribution in [0.4, 0.5) is 0 Å². The van der Waals surface area contributed by atoms with Crippen LogP contribution in [0.5, 0.6) is 0 Å². The van der Waals surface area contributed by atoms with Gasteiger partial charge in [0.1, 0.15) is 0 Å². The molecule has 1 fully saturated rings. The average Bonchev–Trinajstić information content (AvgIpc) is 2.88. The van der Waals surface area contributed by atoms with Crippen LogP contribution in [0, 0.1) is 5.92 Å². The number of amides is 1. The topological polar surface area (TPSA) is 40.5 Å². The van der Waals surface area contributed by atoms with Gasteiger partial charge < -0.3 is 10.0 Å². The van der Waals surface area contributed by atoms with Crippen LogP contribution in [0.25, 0.3) is 0 Å². The van der Waals surface area contributed by atoms with Crippen molar-refractivity contribution in [3.63, 3.8) is 0 Å². The monoisotopic (exact) mass is 211 g/mol. The molecule has 1 atom stereocenters. The number of carbonyl (C=O) groups is 1. The summed E-state index contributed by atoms with van der Waals surface area (Å²) in [5.41, 5.74) is 0.772. The van der Waals surface area contributed by atoms with Crippen molar-refractivity contribution in [1.29, 1.82) is 0 Å². The first-order chi connectivity index (χ1) is 6.81. The smallest absolute Gasteiger partial charge is 0.254 e. The first-order valence-corrected chi connectivity index (χ1v) is 5.68. The van der Waals surface area contributed by atoms with Crippen LogP contribution in [0.3, 0.4) is 0 Å². The number of hydrogen-bond acceptors (Lipinski definition) is 3. The summed E-state index contributed by atoms with van der Waals surface area (Å²) in [5, 5.41) is 12.7. The normalized spacial score (nSPS) is 21.5. The molecule has 14 heavy (non-hydrogen) atoms. The summed E-state index contributed by atoms with van der Waals surface area (Å²) < 4.78 is 0. The molecule has 1 unspecified atom stereocenters. The minimum atomic E-state index is 0.0993. The molecule has 0 aliphatic carbocycles. The van der Waals surface area contributed by atoms with Crippen LogP contribution in [-0.4, -0.2) is 35.6 Å². The fourth-order valence-corrected chi connectivity index (χ4v) is 2.36. The summed E-state index contributed by atoms with van der Waals surface area (Å²) in [6.45, 7) is 1.67. The lowest BCUT2D eigenvalue weighted by atomic mass is 10.1. The molecule has 1 aromatic heterocycles. The molecule has 1 aliphatic heterocycles. The zero-order chi connectivity index (χ0) is 9.97. The Balaban J connectivity index is 2.00. The summed E-state index contributed by atoms with van der Waals surface area (Å²) >= 11 is 1.54. The number of likely N-dealkylation sites (tertiary alicyclic amines) is 1. The van der Waals surface area contributed by atoms with E-state index in [1.165, 1.54) is 11.3 Å². The lowest BCUT2D eigenvalue weighted by molar-refractivity contribution is 0.0782. The summed E-state index contributed by atoms with van der Waals surface area (Å²) in [7, 11) is 0. The van der Waals surface area contributed by atoms with E-state index in [0.29, 0.717) is 6.54 Å². The Morgan fingerprint density at radius 3 is 3.14 bits per heavy atom. The number of aliphatic hydroxyl groups is 1. The van der Waals surface area contributed by atoms with Crippen LogP contribution in [0.15, 0.2) is 16.8 Å². The number of hydrogen-bond donors (Lipinski definition) is 1. The molecule has 76 valence electrons. The van der Waals surface area contributed by atoms with E-state index in [1.807, 2.05) is 21.7 Å². The van der Waals surface area contributed by atoms with Gasteiger partial charge in [-0.1, -0.05) is 0 Å². The van der Waals surface area contributed by atoms with Gasteiger partial charge in [0.2, 0.25) is 0 Å². The molecule has 1 N–H and O–H groups in total. The standard InChI is InChI=1S/C10H13NO2S/c12-6-8-1-3-11(5-8)10(13)9-2-4-14-7-9/h2,4,7-8,12H,1,3,5-6H2. The quantitative estimate of drug-likeness (QED) is 0.798. The van der Waals surface area contributed by atoms with Gasteiger partial charge in [-0.25, -0.2) is 0 Å². The van der Waals surface area contributed by atoms with E-state index in [2.05, 4.69) is 0 Å². The third-order valence-corrected chi connectivity index (χ3v) is 3.28. The average molecular weight is 211 g/mol. The molecule has 4 heteroatoms. The Labute approximate surface area is 87.0 Å². The highest BCUT2D eigenvalue weighted by molar-refractivity contribution is 7.08. The van der Waals surface area contributed by atoms with Crippen molar-refractivity contribution in [2.24, 2.45) is 5.92 Å². The number of aliphatic hydroxyl groups excluding tert-OH is 1. The Kier molecular flexibility index (Phi) is 2.84. The second-order valence-corrected chi connectivity index (χ2v) is 4.38. The van der Waals surface area contributed by atoms with Crippen LogP contribution in [0.1, 0.15) is 16.8 Å². The van der Waals surface area contributed by atoms with Gasteiger partial charge in [0.25, 0.3) is 5.91 Å². The Morgan fingerprint density at radius 1 is 1.71 bits per heavy atom. The van der Waals surface area contributed by atoms with E-state index in [0.717, 1.165) is 18.5 Å². The van der Waals surface area contributed by atoms with E-state index in [1.54, 1.807) is 0 Å². The Hall–Kier alpha value is -0.870. The number of rotatable bonds is 2. The zero-order valence-electron chi connectivity index (χ0n) is 7.85. The minimum absolute atomic E-state index is 0.0993. The van der Waals surface area contributed by atoms with Gasteiger partial charge in [0.05, 0.1) is 5.56 Å². The van der Waals surface area contributed by atoms with Gasteiger partial charge >= 0.3 is 0 Å². The molecule has 1 aliphatic rings. The van der Waals surface area contributed by atoms with Crippen molar-refractivity contribution in [1.82, 2.24) is 4.90 Å². The van der Waals surface area contributed by atoms with Crippen LogP contribution < -0.4 is 0 Å². The fourth-order valence-electron chi connectivity index (χ4n) is 1.73. The molecular weight excluding hydrogens is 198 g/mol. The third kappa shape index (κ3) is 1.81. The van der Waals surface area contributed by atoms with Crippen molar-refractivity contribution >= 4 is 17.2 Å². The maximum atomic E-state index is 11.8. The van der Waals surface area contributed by atoms with Gasteiger partial charge in [-0.3, -0.25) is 4.79 Å². The summed E-state index contributed by atoms with van der Waals surface area (Å²) in [4.78, 5) is 13.6. The second-order valence-electron chi connectivity index (χ2n) is 3.60. The number of carbonyl (C=O) groups excluding carboxylic acids is 1. The molecule has 2 rings (SSSR count). The highest BCUT2D eigenvalue weighted by Crippen LogP contribution is 2.19. The lowest BCUT2D eigenvalue weighted by Gasteiger charge is -2.14. The van der Waals surface area contributed by atoms with Crippen LogP contribution in [-0.2, 0) is 0 Å². The highest BCUT2D eigenvalue weighted by atomic mass is 32.1. The summed E-state index contributed by atoms with van der Waals surface area (Å²) in [6.07, 6.45) is 0.923. The Morgan fingerprint density at radius 2 is 2.57 bits per heavy atom. The van der Waals surface area contributed by atoms with Crippen molar-refractivity contribution in [2.75, 3.05) is 19.7 Å². The molecule has 0 radical (unpaired) electrons. The van der Waals surface area contributed by atoms with Gasteiger partial charge in [0, 0.05) is 31.0 Å². The van der Waals surface area contributed by atoms with Gasteiger partial charge in [-0.2, -0.15) is 11.3 Å². The van der Waals surface area contributed by atoms with Gasteiger partial charge in [-0.05, 0) is 17.9 Å². The fraction of sp³-hybridized carbons (Fsp3) is 0.500. The second kappa shape index (κ2) is 4.11. The highest BCUT2D eigenvalue weighted by Gasteiger charge is 2.26. The first-order valence-electron chi connectivity index (χ1n) is 4.73. The van der Waals surface area contributed by atoms with E-state index in [4.69, 9.17) is 5.11 Å². The van der Waals surface area contributed by atoms with Crippen molar-refractivity contribution in [2.45, 2.75) is 6.42 Å². The maximum absolute atomic E-state index is 11.8. The van der Waals surface area contributed by atoms with Gasteiger partial charge in [-0.15, -0.1) is 0 Å². The van der Waals surface area contributed by atoms with E-state index >= 15 is 0 Å². The molecule has 1 aromatic rings. The molecule has 0 bridgehead atoms. The molecule has 1 amide bonds. The van der Waals surface area contributed by atoms with Crippen LogP contribution >= 0.6 is 11.3 Å². The van der Waals surface area contributed by atoms with E-state index < -0.39 is 0 Å². The zero-order valence-corrected chi connectivity index (χ0v) is 8.67. The summed E-state index contributed by atoms with van der Waals surface area (Å²) in [6, 6.07) is 1.85. The Bertz CT molecular complexity index is 310. The summed E-state index contributed by atoms with van der Waals surface area (Å²) in [5.74, 6) is 0.375. The molecular formula is C10H13NO2S. The number of thiophene rings is 1. The number of nitrogens with zero attached hydrogens (tertiary/aromatic N) is 1. The van der Waals surface area contributed by atoms with Crippen LogP contribution in [0.2, 0.25) is 0 Å². The van der Waals surface area contributed by atoms with Crippen molar-refractivity contribution < 1.29 is 9.90 Å². The molecule has 0 aromatic carbocycles. The predicted molar refractivity (Wildman–Crippen MR) is 55.4 cm³/mol. The first kappa shape index (κ1) is 9.68. The lowest BCUT2D eigenvalue weighted by Crippen LogP contribution is -2.28. The molecule has 2 heterocycles. The molecule has 3 nitrogen and oxygen atoms in total. The van der Waals surface area contributed by atoms with E-state index in [9.17, 15) is 4.79 Å². The SMILES string of the molecule is O=C(c1ccsc1)N1CCC(CO)C1. The molecule has 0 spiro atoms. The minimum Gasteiger partial charge on any atom is -0.396 e. The third-order valence-electron chi connectivity index (χ3n) is 2.60. The maximum Gasteiger partial charge on any atom is 0.254 e.